The summed E-state index contributed by atoms with van der Waals surface area (Å²) in [4.78, 5) is 0. The molecule has 7 heteroatoms. The van der Waals surface area contributed by atoms with Crippen molar-refractivity contribution in [3.8, 4) is 0 Å². The highest BCUT2D eigenvalue weighted by Gasteiger charge is 2.20. The second kappa shape index (κ2) is 6.21. The molecule has 0 fully saturated rings. The molecule has 0 unspecified atom stereocenters. The zero-order valence-electron chi connectivity index (χ0n) is 11.0. The smallest absolute Gasteiger partial charge is 0.309 e. The first-order valence-electron chi connectivity index (χ1n) is 6.01. The average Bonchev–Trinajstić information content (AvgIpc) is 2.67. The van der Waals surface area contributed by atoms with E-state index >= 15 is 0 Å². The molecule has 0 radical (unpaired) electrons. The summed E-state index contributed by atoms with van der Waals surface area (Å²) < 4.78 is 1.84. The van der Waals surface area contributed by atoms with Crippen LogP contribution in [0, 0.1) is 6.92 Å². The van der Waals surface area contributed by atoms with Gasteiger partial charge in [-0.05, 0) is 18.5 Å². The van der Waals surface area contributed by atoms with Crippen molar-refractivity contribution in [1.82, 2.24) is 5.10 Å². The van der Waals surface area contributed by atoms with Crippen molar-refractivity contribution in [2.75, 3.05) is 0 Å². The fourth-order valence-corrected chi connectivity index (χ4v) is 2.08. The van der Waals surface area contributed by atoms with Crippen LogP contribution in [0.1, 0.15) is 16.8 Å². The van der Waals surface area contributed by atoms with Gasteiger partial charge in [0.25, 0.3) is 0 Å². The third-order valence-corrected chi connectivity index (χ3v) is 3.12. The Bertz CT molecular complexity index is 640. The highest BCUT2D eigenvalue weighted by molar-refractivity contribution is 6.31. The molecule has 0 saturated heterocycles. The first kappa shape index (κ1) is 14.1. The Morgan fingerprint density at radius 3 is 2.70 bits per heavy atom. The van der Waals surface area contributed by atoms with E-state index in [2.05, 4.69) is 15.3 Å². The van der Waals surface area contributed by atoms with Gasteiger partial charge >= 0.3 is 5.15 Å². The Hall–Kier alpha value is -2.34. The van der Waals surface area contributed by atoms with Gasteiger partial charge in [-0.2, -0.15) is 10.2 Å². The Balaban J connectivity index is 2.25. The number of benzene rings is 1. The predicted molar refractivity (Wildman–Crippen MR) is 79.7 cm³/mol. The number of hydrogen-bond acceptors (Lipinski definition) is 2. The summed E-state index contributed by atoms with van der Waals surface area (Å²) in [5.74, 6) is -0.0947. The van der Waals surface area contributed by atoms with Crippen molar-refractivity contribution in [1.29, 1.82) is 0 Å². The van der Waals surface area contributed by atoms with Crippen LogP contribution in [0.4, 0.5) is 0 Å². The van der Waals surface area contributed by atoms with Gasteiger partial charge in [0.15, 0.2) is 6.54 Å². The monoisotopic (exact) mass is 291 g/mol. The fraction of sp³-hybridized carbons (Fsp3) is 0.154. The van der Waals surface area contributed by atoms with E-state index in [1.54, 1.807) is 0 Å². The summed E-state index contributed by atoms with van der Waals surface area (Å²) in [5, 5.41) is 11.1. The number of halogens is 1. The maximum Gasteiger partial charge on any atom is 0.309 e. The highest BCUT2D eigenvalue weighted by atomic mass is 35.5. The molecular weight excluding hydrogens is 276 g/mol. The number of H-pyrrole nitrogens is 1. The number of aromatic nitrogens is 2. The van der Waals surface area contributed by atoms with Gasteiger partial charge in [0.1, 0.15) is 5.56 Å². The molecule has 0 bridgehead atoms. The van der Waals surface area contributed by atoms with E-state index in [1.165, 1.54) is 6.21 Å². The molecule has 0 spiro atoms. The van der Waals surface area contributed by atoms with Gasteiger partial charge in [-0.3, -0.25) is 0 Å². The molecule has 0 saturated carbocycles. The van der Waals surface area contributed by atoms with Crippen LogP contribution in [0.25, 0.3) is 0 Å². The Kier molecular flexibility index (Phi) is 4.37. The summed E-state index contributed by atoms with van der Waals surface area (Å²) in [6.45, 7) is 2.56. The maximum atomic E-state index is 6.32. The summed E-state index contributed by atoms with van der Waals surface area (Å²) in [5.41, 5.74) is 13.2. The van der Waals surface area contributed by atoms with Gasteiger partial charge in [0, 0.05) is 5.56 Å². The lowest BCUT2D eigenvalue weighted by Crippen LogP contribution is -2.37. The Morgan fingerprint density at radius 2 is 2.05 bits per heavy atom. The predicted octanol–water partition coefficient (Wildman–Crippen LogP) is 0.920. The minimum atomic E-state index is -0.0947. The molecule has 1 aromatic heterocycles. The molecule has 20 heavy (non-hydrogen) atoms. The minimum absolute atomic E-state index is 0.0947. The molecule has 104 valence electrons. The summed E-state index contributed by atoms with van der Waals surface area (Å²) in [6.07, 6.45) is 1.52. The molecule has 2 rings (SSSR count). The zero-order chi connectivity index (χ0) is 14.5. The largest absolute Gasteiger partial charge is 0.369 e. The molecule has 6 nitrogen and oxygen atoms in total. The normalized spacial score (nSPS) is 10.9. The van der Waals surface area contributed by atoms with Gasteiger partial charge in [0.2, 0.25) is 5.96 Å². The van der Waals surface area contributed by atoms with E-state index in [9.17, 15) is 0 Å². The number of nitrogens with one attached hydrogen (secondary N) is 1. The quantitative estimate of drug-likeness (QED) is 0.338. The number of guanidine groups is 1. The van der Waals surface area contributed by atoms with E-state index in [-0.39, 0.29) is 5.96 Å². The van der Waals surface area contributed by atoms with E-state index in [0.717, 1.165) is 16.8 Å². The van der Waals surface area contributed by atoms with Crippen LogP contribution < -0.4 is 16.1 Å². The van der Waals surface area contributed by atoms with Gasteiger partial charge in [0.05, 0.1) is 11.9 Å². The molecule has 2 aromatic rings. The topological polar surface area (TPSA) is 96.4 Å². The van der Waals surface area contributed by atoms with Crippen molar-refractivity contribution in [2.45, 2.75) is 13.5 Å². The van der Waals surface area contributed by atoms with E-state index in [1.807, 2.05) is 41.9 Å². The van der Waals surface area contributed by atoms with Crippen LogP contribution >= 0.6 is 11.6 Å². The van der Waals surface area contributed by atoms with Gasteiger partial charge < -0.3 is 11.5 Å². The van der Waals surface area contributed by atoms with Gasteiger partial charge in [-0.1, -0.05) is 35.0 Å². The molecule has 1 heterocycles. The third kappa shape index (κ3) is 3.36. The summed E-state index contributed by atoms with van der Waals surface area (Å²) in [6, 6.07) is 10.0. The SMILES string of the molecule is Cc1[nH][n+](Cc2ccccc2)c(Cl)c1/C=N/N=C(N)N. The van der Waals surface area contributed by atoms with Gasteiger partial charge in [-0.25, -0.2) is 0 Å². The molecule has 0 atom stereocenters. The van der Waals surface area contributed by atoms with E-state index < -0.39 is 0 Å². The fourth-order valence-electron chi connectivity index (χ4n) is 1.79. The molecule has 5 N–H and O–H groups in total. The van der Waals surface area contributed by atoms with E-state index in [4.69, 9.17) is 23.1 Å². The molecule has 0 aliphatic heterocycles. The van der Waals surface area contributed by atoms with Crippen LogP contribution in [0.2, 0.25) is 5.15 Å². The number of aryl methyl sites for hydroxylation is 1. The first-order valence-corrected chi connectivity index (χ1v) is 6.39. The van der Waals surface area contributed by atoms with Crippen LogP contribution in [0.3, 0.4) is 0 Å². The van der Waals surface area contributed by atoms with Crippen LogP contribution in [-0.2, 0) is 6.54 Å². The van der Waals surface area contributed by atoms with Crippen molar-refractivity contribution in [3.05, 3.63) is 52.3 Å². The van der Waals surface area contributed by atoms with Crippen LogP contribution in [-0.4, -0.2) is 17.3 Å². The molecule has 1 aromatic carbocycles. The highest BCUT2D eigenvalue weighted by Crippen LogP contribution is 2.13. The lowest BCUT2D eigenvalue weighted by molar-refractivity contribution is -0.740. The lowest BCUT2D eigenvalue weighted by Gasteiger charge is -1.94. The third-order valence-electron chi connectivity index (χ3n) is 2.71. The maximum absolute atomic E-state index is 6.32. The molecule has 0 aliphatic rings. The van der Waals surface area contributed by atoms with Crippen molar-refractivity contribution in [2.24, 2.45) is 21.7 Å². The number of hydrogen-bond donors (Lipinski definition) is 3. The standard InChI is InChI=1S/C13H15ClN6/c1-9-11(7-17-18-13(15)16)12(14)20(19-9)8-10-5-3-2-4-6-10/h2-7H,8H2,1H3,(H4,15,16,18)/p+1/b17-7+. The second-order valence-corrected chi connectivity index (χ2v) is 4.64. The molecule has 0 aliphatic carbocycles. The van der Waals surface area contributed by atoms with Gasteiger partial charge in [-0.15, -0.1) is 5.10 Å². The van der Waals surface area contributed by atoms with Crippen molar-refractivity contribution >= 4 is 23.8 Å². The Morgan fingerprint density at radius 1 is 1.35 bits per heavy atom. The summed E-state index contributed by atoms with van der Waals surface area (Å²) in [7, 11) is 0. The minimum Gasteiger partial charge on any atom is -0.369 e. The number of rotatable bonds is 4. The Labute approximate surface area is 121 Å². The summed E-state index contributed by atoms with van der Waals surface area (Å²) >= 11 is 6.32. The number of nitrogens with zero attached hydrogens (tertiary/aromatic N) is 3. The molecule has 0 amide bonds. The van der Waals surface area contributed by atoms with E-state index in [0.29, 0.717) is 11.7 Å². The lowest BCUT2D eigenvalue weighted by atomic mass is 10.2. The number of aromatic amines is 1. The van der Waals surface area contributed by atoms with Crippen LogP contribution in [0.5, 0.6) is 0 Å². The van der Waals surface area contributed by atoms with Crippen LogP contribution in [0.15, 0.2) is 40.5 Å². The molecular formula is C13H16ClN6+. The van der Waals surface area contributed by atoms with Crippen molar-refractivity contribution in [3.63, 3.8) is 0 Å². The average molecular weight is 292 g/mol. The number of nitrogens with two attached hydrogens (primary N) is 2. The first-order chi connectivity index (χ1) is 9.58. The second-order valence-electron chi connectivity index (χ2n) is 4.28. The zero-order valence-corrected chi connectivity index (χ0v) is 11.8. The van der Waals surface area contributed by atoms with Crippen molar-refractivity contribution < 1.29 is 4.68 Å².